The van der Waals surface area contributed by atoms with Crippen molar-refractivity contribution >= 4 is 5.91 Å². The Bertz CT molecular complexity index is 977. The zero-order valence-electron chi connectivity index (χ0n) is 19.2. The molecule has 32 heavy (non-hydrogen) atoms. The molecule has 0 aliphatic rings. The molecule has 0 aliphatic carbocycles. The lowest BCUT2D eigenvalue weighted by Crippen LogP contribution is -2.36. The van der Waals surface area contributed by atoms with Crippen molar-refractivity contribution in [1.82, 2.24) is 9.88 Å². The Balaban J connectivity index is 1.71. The lowest BCUT2D eigenvalue weighted by molar-refractivity contribution is -0.135. The van der Waals surface area contributed by atoms with Crippen LogP contribution >= 0.6 is 0 Å². The number of carbonyl (C=O) groups is 1. The Kier molecular flexibility index (Phi) is 8.67. The zero-order chi connectivity index (χ0) is 22.8. The molecule has 2 aromatic carbocycles. The summed E-state index contributed by atoms with van der Waals surface area (Å²) in [5.41, 5.74) is 3.08. The van der Waals surface area contributed by atoms with Gasteiger partial charge >= 0.3 is 0 Å². The number of rotatable bonds is 11. The number of nitrogens with zero attached hydrogens (tertiary/aromatic N) is 2. The maximum atomic E-state index is 13.0. The molecule has 1 unspecified atom stereocenters. The van der Waals surface area contributed by atoms with Crippen LogP contribution in [0.1, 0.15) is 37.1 Å². The third-order valence-electron chi connectivity index (χ3n) is 5.55. The van der Waals surface area contributed by atoms with Gasteiger partial charge in [-0.25, -0.2) is 0 Å². The van der Waals surface area contributed by atoms with Gasteiger partial charge in [-0.05, 0) is 41.8 Å². The van der Waals surface area contributed by atoms with Gasteiger partial charge in [-0.15, -0.1) is 0 Å². The summed E-state index contributed by atoms with van der Waals surface area (Å²) in [5.74, 6) is 1.49. The van der Waals surface area contributed by atoms with Crippen molar-refractivity contribution in [1.29, 1.82) is 0 Å². The standard InChI is InChI=1S/C27H32N2O3/c1-4-21(2)27(30)29(17-15-24-12-8-9-16-28-24)19-23-13-14-25(26(18-23)31-3)32-20-22-10-6-5-7-11-22/h5-14,16,18,21H,4,15,17,19-20H2,1-3H3. The number of benzene rings is 2. The number of hydrogen-bond donors (Lipinski definition) is 0. The molecular weight excluding hydrogens is 400 g/mol. The van der Waals surface area contributed by atoms with Crippen molar-refractivity contribution in [2.24, 2.45) is 5.92 Å². The Hall–Kier alpha value is -3.34. The fourth-order valence-corrected chi connectivity index (χ4v) is 3.43. The van der Waals surface area contributed by atoms with E-state index in [1.54, 1.807) is 13.3 Å². The molecule has 3 rings (SSSR count). The summed E-state index contributed by atoms with van der Waals surface area (Å²) >= 11 is 0. The molecule has 1 atom stereocenters. The van der Waals surface area contributed by atoms with E-state index in [1.807, 2.05) is 85.5 Å². The minimum atomic E-state index is -0.0193. The summed E-state index contributed by atoms with van der Waals surface area (Å²) < 4.78 is 11.5. The van der Waals surface area contributed by atoms with E-state index >= 15 is 0 Å². The van der Waals surface area contributed by atoms with Crippen LogP contribution in [0.3, 0.4) is 0 Å². The molecule has 0 saturated heterocycles. The van der Waals surface area contributed by atoms with E-state index in [0.29, 0.717) is 31.2 Å². The van der Waals surface area contributed by atoms with Crippen LogP contribution in [0.25, 0.3) is 0 Å². The first-order valence-electron chi connectivity index (χ1n) is 11.1. The number of carbonyl (C=O) groups excluding carboxylic acids is 1. The van der Waals surface area contributed by atoms with Crippen molar-refractivity contribution < 1.29 is 14.3 Å². The van der Waals surface area contributed by atoms with Gasteiger partial charge in [0.2, 0.25) is 5.91 Å². The van der Waals surface area contributed by atoms with Crippen LogP contribution in [0, 0.1) is 5.92 Å². The molecular formula is C27H32N2O3. The minimum absolute atomic E-state index is 0.0193. The highest BCUT2D eigenvalue weighted by Gasteiger charge is 2.20. The molecule has 0 fully saturated rings. The van der Waals surface area contributed by atoms with E-state index in [4.69, 9.17) is 9.47 Å². The third kappa shape index (κ3) is 6.58. The smallest absolute Gasteiger partial charge is 0.225 e. The van der Waals surface area contributed by atoms with Crippen LogP contribution < -0.4 is 9.47 Å². The van der Waals surface area contributed by atoms with E-state index in [0.717, 1.165) is 29.7 Å². The van der Waals surface area contributed by atoms with Crippen LogP contribution in [0.2, 0.25) is 0 Å². The van der Waals surface area contributed by atoms with Crippen LogP contribution in [0.4, 0.5) is 0 Å². The molecule has 0 radical (unpaired) electrons. The Morgan fingerprint density at radius 2 is 1.78 bits per heavy atom. The normalized spacial score (nSPS) is 11.6. The van der Waals surface area contributed by atoms with Crippen LogP contribution in [0.5, 0.6) is 11.5 Å². The predicted octanol–water partition coefficient (Wildman–Crippen LogP) is 5.29. The molecule has 0 bridgehead atoms. The molecule has 1 aromatic heterocycles. The zero-order valence-corrected chi connectivity index (χ0v) is 19.2. The average Bonchev–Trinajstić information content (AvgIpc) is 2.85. The molecule has 1 amide bonds. The Morgan fingerprint density at radius 1 is 1.00 bits per heavy atom. The molecule has 3 aromatic rings. The topological polar surface area (TPSA) is 51.7 Å². The first-order chi connectivity index (χ1) is 15.6. The largest absolute Gasteiger partial charge is 0.493 e. The second-order valence-electron chi connectivity index (χ2n) is 7.90. The lowest BCUT2D eigenvalue weighted by atomic mass is 10.1. The van der Waals surface area contributed by atoms with E-state index in [2.05, 4.69) is 4.98 Å². The van der Waals surface area contributed by atoms with Crippen LogP contribution in [0.15, 0.2) is 72.9 Å². The SMILES string of the molecule is CCC(C)C(=O)N(CCc1ccccn1)Cc1ccc(OCc2ccccc2)c(OC)c1. The monoisotopic (exact) mass is 432 g/mol. The molecule has 5 nitrogen and oxygen atoms in total. The van der Waals surface area contributed by atoms with Gasteiger partial charge in [0.25, 0.3) is 0 Å². The third-order valence-corrected chi connectivity index (χ3v) is 5.55. The van der Waals surface area contributed by atoms with Crippen molar-refractivity contribution in [2.75, 3.05) is 13.7 Å². The molecule has 0 aliphatic heterocycles. The van der Waals surface area contributed by atoms with Gasteiger partial charge in [-0.1, -0.05) is 56.3 Å². The van der Waals surface area contributed by atoms with E-state index < -0.39 is 0 Å². The maximum absolute atomic E-state index is 13.0. The van der Waals surface area contributed by atoms with Gasteiger partial charge in [0.05, 0.1) is 7.11 Å². The quantitative estimate of drug-likeness (QED) is 0.413. The predicted molar refractivity (Wildman–Crippen MR) is 127 cm³/mol. The molecule has 0 saturated carbocycles. The maximum Gasteiger partial charge on any atom is 0.225 e. The Morgan fingerprint density at radius 3 is 2.47 bits per heavy atom. The molecule has 168 valence electrons. The first kappa shape index (κ1) is 23.3. The highest BCUT2D eigenvalue weighted by atomic mass is 16.5. The lowest BCUT2D eigenvalue weighted by Gasteiger charge is -2.26. The molecule has 1 heterocycles. The Labute approximate surface area is 191 Å². The van der Waals surface area contributed by atoms with Crippen molar-refractivity contribution in [3.8, 4) is 11.5 Å². The summed E-state index contributed by atoms with van der Waals surface area (Å²) in [6.07, 6.45) is 3.32. The van der Waals surface area contributed by atoms with Crippen molar-refractivity contribution in [3.05, 3.63) is 89.7 Å². The number of ether oxygens (including phenoxy) is 2. The molecule has 0 N–H and O–H groups in total. The van der Waals surface area contributed by atoms with E-state index in [1.165, 1.54) is 0 Å². The van der Waals surface area contributed by atoms with Crippen LogP contribution in [-0.4, -0.2) is 29.4 Å². The van der Waals surface area contributed by atoms with Crippen molar-refractivity contribution in [2.45, 2.75) is 39.8 Å². The molecule has 5 heteroatoms. The highest BCUT2D eigenvalue weighted by molar-refractivity contribution is 5.78. The summed E-state index contributed by atoms with van der Waals surface area (Å²) in [5, 5.41) is 0. The fraction of sp³-hybridized carbons (Fsp3) is 0.333. The average molecular weight is 433 g/mol. The van der Waals surface area contributed by atoms with Gasteiger partial charge < -0.3 is 14.4 Å². The number of aromatic nitrogens is 1. The fourth-order valence-electron chi connectivity index (χ4n) is 3.43. The van der Waals surface area contributed by atoms with Crippen LogP contribution in [-0.2, 0) is 24.4 Å². The highest BCUT2D eigenvalue weighted by Crippen LogP contribution is 2.29. The summed E-state index contributed by atoms with van der Waals surface area (Å²) in [6, 6.07) is 21.8. The minimum Gasteiger partial charge on any atom is -0.493 e. The summed E-state index contributed by atoms with van der Waals surface area (Å²) in [6.45, 7) is 5.64. The van der Waals surface area contributed by atoms with Gasteiger partial charge in [0.15, 0.2) is 11.5 Å². The number of methoxy groups -OCH3 is 1. The number of hydrogen-bond acceptors (Lipinski definition) is 4. The summed E-state index contributed by atoms with van der Waals surface area (Å²) in [7, 11) is 1.64. The second kappa shape index (κ2) is 11.9. The van der Waals surface area contributed by atoms with Gasteiger partial charge in [-0.2, -0.15) is 0 Å². The van der Waals surface area contributed by atoms with E-state index in [9.17, 15) is 4.79 Å². The van der Waals surface area contributed by atoms with Gasteiger partial charge in [0, 0.05) is 37.3 Å². The summed E-state index contributed by atoms with van der Waals surface area (Å²) in [4.78, 5) is 19.3. The van der Waals surface area contributed by atoms with E-state index in [-0.39, 0.29) is 11.8 Å². The number of amides is 1. The van der Waals surface area contributed by atoms with Crippen molar-refractivity contribution in [3.63, 3.8) is 0 Å². The molecule has 0 spiro atoms. The van der Waals surface area contributed by atoms with Gasteiger partial charge in [0.1, 0.15) is 6.61 Å². The van der Waals surface area contributed by atoms with Gasteiger partial charge in [-0.3, -0.25) is 9.78 Å². The first-order valence-corrected chi connectivity index (χ1v) is 11.1. The second-order valence-corrected chi connectivity index (χ2v) is 7.90. The number of pyridine rings is 1.